The summed E-state index contributed by atoms with van der Waals surface area (Å²) in [7, 11) is 0. The van der Waals surface area contributed by atoms with Gasteiger partial charge in [0.1, 0.15) is 11.4 Å². The normalized spacial score (nSPS) is 24.3. The molecule has 5 rings (SSSR count). The van der Waals surface area contributed by atoms with E-state index >= 15 is 0 Å². The number of anilines is 1. The van der Waals surface area contributed by atoms with Gasteiger partial charge in [0.25, 0.3) is 0 Å². The molecule has 9 nitrogen and oxygen atoms in total. The van der Waals surface area contributed by atoms with Crippen LogP contribution in [0.25, 0.3) is 0 Å². The number of benzene rings is 1. The smallest absolute Gasteiger partial charge is 0.410 e. The highest BCUT2D eigenvalue weighted by atomic mass is 19.1. The highest BCUT2D eigenvalue weighted by Crippen LogP contribution is 2.41. The van der Waals surface area contributed by atoms with Crippen molar-refractivity contribution >= 4 is 17.7 Å². The van der Waals surface area contributed by atoms with Crippen molar-refractivity contribution in [2.24, 2.45) is 0 Å². The first kappa shape index (κ1) is 32.3. The molecule has 4 heterocycles. The summed E-state index contributed by atoms with van der Waals surface area (Å²) in [4.78, 5) is 40.3. The van der Waals surface area contributed by atoms with Gasteiger partial charge in [-0.1, -0.05) is 32.0 Å². The van der Waals surface area contributed by atoms with Gasteiger partial charge in [-0.25, -0.2) is 9.18 Å². The van der Waals surface area contributed by atoms with E-state index in [2.05, 4.69) is 35.6 Å². The minimum absolute atomic E-state index is 0.0119. The van der Waals surface area contributed by atoms with E-state index in [1.807, 2.05) is 55.8 Å². The number of carbonyl (C=O) groups is 2. The van der Waals surface area contributed by atoms with Gasteiger partial charge in [0.15, 0.2) is 0 Å². The van der Waals surface area contributed by atoms with E-state index in [0.717, 1.165) is 30.0 Å². The number of hydrogen-bond donors (Lipinski definition) is 0. The first-order chi connectivity index (χ1) is 20.7. The van der Waals surface area contributed by atoms with Crippen molar-refractivity contribution < 1.29 is 23.5 Å². The van der Waals surface area contributed by atoms with E-state index in [-0.39, 0.29) is 47.9 Å². The van der Waals surface area contributed by atoms with Crippen molar-refractivity contribution in [2.45, 2.75) is 84.0 Å². The summed E-state index contributed by atoms with van der Waals surface area (Å²) in [6.45, 7) is 18.8. The van der Waals surface area contributed by atoms with Crippen LogP contribution in [0.2, 0.25) is 0 Å². The second-order valence-corrected chi connectivity index (χ2v) is 14.3. The van der Waals surface area contributed by atoms with Crippen molar-refractivity contribution in [3.63, 3.8) is 0 Å². The Bertz CT molecular complexity index is 1360. The molecule has 0 radical (unpaired) electrons. The Morgan fingerprint density at radius 3 is 2.57 bits per heavy atom. The van der Waals surface area contributed by atoms with Crippen LogP contribution in [0.15, 0.2) is 36.5 Å². The van der Waals surface area contributed by atoms with Crippen LogP contribution >= 0.6 is 0 Å². The van der Waals surface area contributed by atoms with E-state index in [1.54, 1.807) is 12.1 Å². The predicted molar refractivity (Wildman–Crippen MR) is 168 cm³/mol. The first-order valence-corrected chi connectivity index (χ1v) is 15.8. The Balaban J connectivity index is 1.37. The van der Waals surface area contributed by atoms with Crippen molar-refractivity contribution in [3.8, 4) is 0 Å². The fourth-order valence-corrected chi connectivity index (χ4v) is 6.57. The van der Waals surface area contributed by atoms with Crippen LogP contribution in [0.5, 0.6) is 0 Å². The molecule has 2 fully saturated rings. The maximum Gasteiger partial charge on any atom is 0.410 e. The number of fused-ring (bicyclic) bond motifs is 1. The monoisotopic (exact) mass is 609 g/mol. The fourth-order valence-electron chi connectivity index (χ4n) is 6.57. The number of morpholine rings is 1. The summed E-state index contributed by atoms with van der Waals surface area (Å²) >= 11 is 0. The Labute approximate surface area is 261 Å². The van der Waals surface area contributed by atoms with E-state index in [1.165, 1.54) is 6.07 Å². The minimum atomic E-state index is -0.589. The zero-order valence-corrected chi connectivity index (χ0v) is 27.3. The molecule has 0 unspecified atom stereocenters. The van der Waals surface area contributed by atoms with Crippen LogP contribution in [-0.2, 0) is 26.1 Å². The highest BCUT2D eigenvalue weighted by Gasteiger charge is 2.42. The number of nitrogens with zero attached hydrogens (tertiary/aromatic N) is 5. The summed E-state index contributed by atoms with van der Waals surface area (Å²) in [6.07, 6.45) is 1.89. The van der Waals surface area contributed by atoms with Crippen LogP contribution in [0.1, 0.15) is 65.3 Å². The van der Waals surface area contributed by atoms with Gasteiger partial charge < -0.3 is 19.3 Å². The molecular weight excluding hydrogens is 561 g/mol. The standard InChI is InChI=1S/C34H48FN5O4/c1-23-17-38(27(18-37-12-13-43-21-24(37)2)19-39(23)32(42)44-33(3,4)5)20-31(41)40-22-34(6,7)28-16-36-26(15-30(28)40)14-25-10-8-9-11-29(25)35/h8-11,15-16,23-24,27H,12-14,17-22H2,1-7H3/t23-,24-,27+/m1/s1. The Morgan fingerprint density at radius 2 is 1.86 bits per heavy atom. The number of carbonyl (C=O) groups excluding carboxylic acids is 2. The molecule has 0 bridgehead atoms. The third-order valence-electron chi connectivity index (χ3n) is 9.01. The largest absolute Gasteiger partial charge is 0.444 e. The molecule has 2 amide bonds. The number of pyridine rings is 1. The predicted octanol–water partition coefficient (Wildman–Crippen LogP) is 4.47. The molecule has 0 saturated carbocycles. The lowest BCUT2D eigenvalue weighted by Crippen LogP contribution is -2.64. The van der Waals surface area contributed by atoms with Crippen molar-refractivity contribution in [3.05, 3.63) is 59.2 Å². The third-order valence-corrected chi connectivity index (χ3v) is 9.01. The zero-order valence-electron chi connectivity index (χ0n) is 27.3. The van der Waals surface area contributed by atoms with Gasteiger partial charge in [-0.2, -0.15) is 0 Å². The third kappa shape index (κ3) is 7.24. The molecule has 0 N–H and O–H groups in total. The molecule has 44 heavy (non-hydrogen) atoms. The SMILES string of the molecule is C[C@@H]1COCCN1C[C@H]1CN(C(=O)OC(C)(C)C)[C@H](C)CN1CC(=O)N1CC(C)(C)c2cnc(Cc3ccccc3F)cc21. The first-order valence-electron chi connectivity index (χ1n) is 15.8. The molecule has 3 atom stereocenters. The summed E-state index contributed by atoms with van der Waals surface area (Å²) in [5.41, 5.74) is 2.31. The fraction of sp³-hybridized carbons (Fsp3) is 0.618. The van der Waals surface area contributed by atoms with Gasteiger partial charge in [-0.05, 0) is 52.3 Å². The maximum atomic E-state index is 14.4. The molecule has 10 heteroatoms. The van der Waals surface area contributed by atoms with E-state index in [0.29, 0.717) is 44.8 Å². The molecule has 0 aliphatic carbocycles. The van der Waals surface area contributed by atoms with Gasteiger partial charge >= 0.3 is 6.09 Å². The molecule has 1 aromatic heterocycles. The van der Waals surface area contributed by atoms with Gasteiger partial charge in [0, 0.05) is 80.1 Å². The average Bonchev–Trinajstić information content (AvgIpc) is 3.21. The topological polar surface area (TPSA) is 78.5 Å². The molecule has 2 saturated heterocycles. The molecule has 2 aromatic rings. The zero-order chi connectivity index (χ0) is 31.8. The average molecular weight is 610 g/mol. The van der Waals surface area contributed by atoms with Gasteiger partial charge in [-0.3, -0.25) is 19.6 Å². The van der Waals surface area contributed by atoms with Crippen molar-refractivity contribution in [1.82, 2.24) is 19.7 Å². The van der Waals surface area contributed by atoms with Crippen molar-refractivity contribution in [1.29, 1.82) is 0 Å². The van der Waals surface area contributed by atoms with E-state index in [4.69, 9.17) is 9.47 Å². The lowest BCUT2D eigenvalue weighted by Gasteiger charge is -2.47. The van der Waals surface area contributed by atoms with Crippen LogP contribution in [-0.4, -0.2) is 108 Å². The number of ether oxygens (including phenoxy) is 2. The summed E-state index contributed by atoms with van der Waals surface area (Å²) in [5, 5.41) is 0. The summed E-state index contributed by atoms with van der Waals surface area (Å²) in [6, 6.07) is 8.76. The molecule has 3 aliphatic rings. The molecule has 3 aliphatic heterocycles. The number of halogens is 1. The van der Waals surface area contributed by atoms with Crippen LogP contribution in [0.3, 0.4) is 0 Å². The molecular formula is C34H48FN5O4. The van der Waals surface area contributed by atoms with Crippen LogP contribution < -0.4 is 4.90 Å². The van der Waals surface area contributed by atoms with Gasteiger partial charge in [-0.15, -0.1) is 0 Å². The molecule has 240 valence electrons. The second kappa shape index (κ2) is 12.7. The van der Waals surface area contributed by atoms with Crippen LogP contribution in [0.4, 0.5) is 14.9 Å². The number of hydrogen-bond acceptors (Lipinski definition) is 7. The Morgan fingerprint density at radius 1 is 1.11 bits per heavy atom. The summed E-state index contributed by atoms with van der Waals surface area (Å²) in [5.74, 6) is -0.249. The van der Waals surface area contributed by atoms with E-state index < -0.39 is 5.60 Å². The minimum Gasteiger partial charge on any atom is -0.444 e. The number of rotatable bonds is 6. The second-order valence-electron chi connectivity index (χ2n) is 14.3. The number of amides is 2. The van der Waals surface area contributed by atoms with Gasteiger partial charge in [0.05, 0.1) is 25.4 Å². The lowest BCUT2D eigenvalue weighted by atomic mass is 9.88. The van der Waals surface area contributed by atoms with Crippen LogP contribution in [0, 0.1) is 5.82 Å². The number of aromatic nitrogens is 1. The molecule has 0 spiro atoms. The van der Waals surface area contributed by atoms with E-state index in [9.17, 15) is 14.0 Å². The quantitative estimate of drug-likeness (QED) is 0.479. The lowest BCUT2D eigenvalue weighted by molar-refractivity contribution is -0.121. The number of piperazine rings is 1. The highest BCUT2D eigenvalue weighted by molar-refractivity contribution is 5.97. The van der Waals surface area contributed by atoms with Gasteiger partial charge in [0.2, 0.25) is 5.91 Å². The Kier molecular flexibility index (Phi) is 9.35. The summed E-state index contributed by atoms with van der Waals surface area (Å²) < 4.78 is 25.8. The molecule has 1 aromatic carbocycles. The maximum absolute atomic E-state index is 14.4. The Hall–Kier alpha value is -3.08. The van der Waals surface area contributed by atoms with Crippen molar-refractivity contribution in [2.75, 3.05) is 57.4 Å².